The second kappa shape index (κ2) is 10.2. The lowest BCUT2D eigenvalue weighted by Crippen LogP contribution is -2.62. The summed E-state index contributed by atoms with van der Waals surface area (Å²) in [6, 6.07) is 17.0. The first-order valence-electron chi connectivity index (χ1n) is 11.8. The quantitative estimate of drug-likeness (QED) is 0.505. The number of ether oxygens (including phenoxy) is 1. The van der Waals surface area contributed by atoms with Crippen molar-refractivity contribution in [2.24, 2.45) is 0 Å². The van der Waals surface area contributed by atoms with Gasteiger partial charge >= 0.3 is 0 Å². The molecule has 188 valence electrons. The highest BCUT2D eigenvalue weighted by Crippen LogP contribution is 2.26. The van der Waals surface area contributed by atoms with E-state index in [0.29, 0.717) is 19.5 Å². The maximum absolute atomic E-state index is 13.2. The number of hydrogen-bond acceptors (Lipinski definition) is 5. The highest BCUT2D eigenvalue weighted by molar-refractivity contribution is 6.01. The molecule has 2 heterocycles. The number of nitrogens with one attached hydrogen (secondary N) is 2. The van der Waals surface area contributed by atoms with Crippen molar-refractivity contribution in [1.82, 2.24) is 25.3 Å². The van der Waals surface area contributed by atoms with Gasteiger partial charge < -0.3 is 20.3 Å². The van der Waals surface area contributed by atoms with Crippen LogP contribution in [0.3, 0.4) is 0 Å². The van der Waals surface area contributed by atoms with Crippen LogP contribution in [0, 0.1) is 6.92 Å². The number of amides is 3. The molecule has 9 heteroatoms. The number of benzene rings is 2. The Morgan fingerprint density at radius 1 is 1.11 bits per heavy atom. The number of aromatic nitrogens is 2. The minimum atomic E-state index is -1.15. The Kier molecular flexibility index (Phi) is 7.10. The van der Waals surface area contributed by atoms with E-state index in [4.69, 9.17) is 4.74 Å². The van der Waals surface area contributed by atoms with Crippen molar-refractivity contribution in [2.75, 3.05) is 20.7 Å². The molecule has 0 radical (unpaired) electrons. The van der Waals surface area contributed by atoms with Crippen molar-refractivity contribution in [2.45, 2.75) is 38.9 Å². The zero-order valence-corrected chi connectivity index (χ0v) is 21.0. The van der Waals surface area contributed by atoms with Crippen LogP contribution in [-0.4, -0.2) is 58.6 Å². The van der Waals surface area contributed by atoms with Gasteiger partial charge in [0.1, 0.15) is 17.0 Å². The molecule has 2 N–H and O–H groups in total. The van der Waals surface area contributed by atoms with Gasteiger partial charge in [-0.25, -0.2) is 0 Å². The van der Waals surface area contributed by atoms with E-state index in [2.05, 4.69) is 15.7 Å². The Labute approximate surface area is 210 Å². The zero-order chi connectivity index (χ0) is 25.9. The SMILES string of the molecule is COc1ccccc1CCNC(=O)c1cc2n(n1)C[C@@](C)(C(=O)NCc1ccc(C)cc1)N(C)C2=O. The Morgan fingerprint density at radius 3 is 2.56 bits per heavy atom. The van der Waals surface area contributed by atoms with E-state index in [1.165, 1.54) is 15.6 Å². The Morgan fingerprint density at radius 2 is 1.83 bits per heavy atom. The number of aryl methyl sites for hydroxylation is 1. The summed E-state index contributed by atoms with van der Waals surface area (Å²) >= 11 is 0. The first-order chi connectivity index (χ1) is 17.2. The summed E-state index contributed by atoms with van der Waals surface area (Å²) in [5, 5.41) is 10.1. The summed E-state index contributed by atoms with van der Waals surface area (Å²) in [7, 11) is 3.20. The maximum Gasteiger partial charge on any atom is 0.272 e. The number of fused-ring (bicyclic) bond motifs is 1. The number of nitrogens with zero attached hydrogens (tertiary/aromatic N) is 3. The summed E-state index contributed by atoms with van der Waals surface area (Å²) in [4.78, 5) is 40.4. The number of likely N-dealkylation sites (N-methyl/N-ethyl adjacent to an activating group) is 1. The molecule has 4 rings (SSSR count). The second-order valence-corrected chi connectivity index (χ2v) is 9.20. The van der Waals surface area contributed by atoms with Crippen LogP contribution in [0.2, 0.25) is 0 Å². The van der Waals surface area contributed by atoms with Gasteiger partial charge in [0.25, 0.3) is 11.8 Å². The molecule has 0 fully saturated rings. The van der Waals surface area contributed by atoms with Gasteiger partial charge in [-0.15, -0.1) is 0 Å². The van der Waals surface area contributed by atoms with E-state index >= 15 is 0 Å². The Hall–Kier alpha value is -4.14. The van der Waals surface area contributed by atoms with Gasteiger partial charge in [0.2, 0.25) is 5.91 Å². The molecule has 1 aliphatic heterocycles. The van der Waals surface area contributed by atoms with Crippen molar-refractivity contribution < 1.29 is 19.1 Å². The Bertz CT molecular complexity index is 1280. The van der Waals surface area contributed by atoms with Crippen LogP contribution in [-0.2, 0) is 24.3 Å². The summed E-state index contributed by atoms with van der Waals surface area (Å²) < 4.78 is 6.79. The topological polar surface area (TPSA) is 106 Å². The average Bonchev–Trinajstić information content (AvgIpc) is 3.31. The normalized spacial score (nSPS) is 16.9. The number of carbonyl (C=O) groups is 3. The maximum atomic E-state index is 13.2. The molecule has 9 nitrogen and oxygen atoms in total. The van der Waals surface area contributed by atoms with Crippen LogP contribution < -0.4 is 15.4 Å². The molecule has 2 aromatic carbocycles. The van der Waals surface area contributed by atoms with Gasteiger partial charge in [-0.1, -0.05) is 48.0 Å². The molecule has 0 saturated carbocycles. The van der Waals surface area contributed by atoms with Crippen molar-refractivity contribution >= 4 is 17.7 Å². The van der Waals surface area contributed by atoms with Crippen LogP contribution in [0.1, 0.15) is 44.6 Å². The molecule has 1 aromatic heterocycles. The van der Waals surface area contributed by atoms with Gasteiger partial charge in [-0.05, 0) is 37.5 Å². The third-order valence-corrected chi connectivity index (χ3v) is 6.67. The first kappa shape index (κ1) is 25.0. The molecule has 1 aliphatic rings. The average molecular weight is 490 g/mol. The van der Waals surface area contributed by atoms with E-state index in [9.17, 15) is 14.4 Å². The highest BCUT2D eigenvalue weighted by atomic mass is 16.5. The monoisotopic (exact) mass is 489 g/mol. The first-order valence-corrected chi connectivity index (χ1v) is 11.8. The lowest BCUT2D eigenvalue weighted by atomic mass is 9.95. The smallest absolute Gasteiger partial charge is 0.272 e. The van der Waals surface area contributed by atoms with Gasteiger partial charge in [0.15, 0.2) is 5.69 Å². The molecule has 0 bridgehead atoms. The van der Waals surface area contributed by atoms with E-state index < -0.39 is 5.54 Å². The standard InChI is InChI=1S/C27H31N5O4/c1-18-9-11-19(12-10-18)16-29-26(35)27(2)17-32-22(25(34)31(27)3)15-21(30-32)24(33)28-14-13-20-7-5-6-8-23(20)36-4/h5-12,15H,13-14,16-17H2,1-4H3,(H,28,33)(H,29,35)/t27-/m0/s1. The van der Waals surface area contributed by atoms with E-state index in [0.717, 1.165) is 22.4 Å². The van der Waals surface area contributed by atoms with Crippen LogP contribution in [0.5, 0.6) is 5.75 Å². The van der Waals surface area contributed by atoms with Gasteiger partial charge in [0, 0.05) is 26.2 Å². The molecule has 3 aromatic rings. The number of para-hydroxylation sites is 1. The van der Waals surface area contributed by atoms with E-state index in [1.807, 2.05) is 55.5 Å². The molecular weight excluding hydrogens is 458 g/mol. The van der Waals surface area contributed by atoms with Crippen molar-refractivity contribution in [1.29, 1.82) is 0 Å². The molecule has 0 spiro atoms. The van der Waals surface area contributed by atoms with Gasteiger partial charge in [-0.3, -0.25) is 19.1 Å². The van der Waals surface area contributed by atoms with Crippen LogP contribution in [0.15, 0.2) is 54.6 Å². The third-order valence-electron chi connectivity index (χ3n) is 6.67. The second-order valence-electron chi connectivity index (χ2n) is 9.20. The summed E-state index contributed by atoms with van der Waals surface area (Å²) in [5.74, 6) is -0.275. The number of rotatable bonds is 8. The summed E-state index contributed by atoms with van der Waals surface area (Å²) in [6.45, 7) is 4.57. The molecule has 1 atom stereocenters. The minimum absolute atomic E-state index is 0.135. The van der Waals surface area contributed by atoms with E-state index in [1.54, 1.807) is 21.1 Å². The Balaban J connectivity index is 1.42. The fraction of sp³-hybridized carbons (Fsp3) is 0.333. The van der Waals surface area contributed by atoms with Crippen molar-refractivity contribution in [3.63, 3.8) is 0 Å². The van der Waals surface area contributed by atoms with Crippen LogP contribution in [0.25, 0.3) is 0 Å². The summed E-state index contributed by atoms with van der Waals surface area (Å²) in [5.41, 5.74) is 2.34. The van der Waals surface area contributed by atoms with Gasteiger partial charge in [0.05, 0.1) is 13.7 Å². The highest BCUT2D eigenvalue weighted by Gasteiger charge is 2.46. The predicted molar refractivity (Wildman–Crippen MR) is 135 cm³/mol. The fourth-order valence-electron chi connectivity index (χ4n) is 4.23. The lowest BCUT2D eigenvalue weighted by Gasteiger charge is -2.40. The van der Waals surface area contributed by atoms with Crippen LogP contribution in [0.4, 0.5) is 0 Å². The number of methoxy groups -OCH3 is 1. The molecular formula is C27H31N5O4. The summed E-state index contributed by atoms with van der Waals surface area (Å²) in [6.07, 6.45) is 0.588. The van der Waals surface area contributed by atoms with E-state index in [-0.39, 0.29) is 35.7 Å². The zero-order valence-electron chi connectivity index (χ0n) is 21.0. The molecule has 0 unspecified atom stereocenters. The number of carbonyl (C=O) groups excluding carboxylic acids is 3. The molecule has 36 heavy (non-hydrogen) atoms. The molecule has 0 aliphatic carbocycles. The lowest BCUT2D eigenvalue weighted by molar-refractivity contribution is -0.132. The number of hydrogen-bond donors (Lipinski definition) is 2. The minimum Gasteiger partial charge on any atom is -0.496 e. The predicted octanol–water partition coefficient (Wildman–Crippen LogP) is 2.33. The van der Waals surface area contributed by atoms with Crippen molar-refractivity contribution in [3.05, 3.63) is 82.7 Å². The fourth-order valence-corrected chi connectivity index (χ4v) is 4.23. The van der Waals surface area contributed by atoms with Gasteiger partial charge in [-0.2, -0.15) is 5.10 Å². The third kappa shape index (κ3) is 4.95. The van der Waals surface area contributed by atoms with Crippen molar-refractivity contribution in [3.8, 4) is 5.75 Å². The molecule has 3 amide bonds. The van der Waals surface area contributed by atoms with Crippen LogP contribution >= 0.6 is 0 Å². The largest absolute Gasteiger partial charge is 0.496 e. The molecule has 0 saturated heterocycles.